The zero-order valence-electron chi connectivity index (χ0n) is 12.5. The van der Waals surface area contributed by atoms with Crippen LogP contribution in [0, 0.1) is 19.8 Å². The number of aryl methyl sites for hydroxylation is 2. The Labute approximate surface area is 129 Å². The summed E-state index contributed by atoms with van der Waals surface area (Å²) in [6, 6.07) is 1.60. The molecule has 1 aliphatic carbocycles. The van der Waals surface area contributed by atoms with E-state index in [-0.39, 0.29) is 10.8 Å². The quantitative estimate of drug-likeness (QED) is 0.888. The Hall–Kier alpha value is -0.920. The smallest absolute Gasteiger partial charge is 0.325 e. The second-order valence-electron chi connectivity index (χ2n) is 5.81. The minimum absolute atomic E-state index is 0.198. The fraction of sp³-hybridized carbons (Fsp3) is 0.643. The highest BCUT2D eigenvalue weighted by Gasteiger charge is 2.48. The molecule has 2 rings (SSSR count). The van der Waals surface area contributed by atoms with Gasteiger partial charge in [0.15, 0.2) is 0 Å². The Morgan fingerprint density at radius 2 is 2.10 bits per heavy atom. The minimum Gasteiger partial charge on any atom is -0.480 e. The first-order chi connectivity index (χ1) is 9.69. The van der Waals surface area contributed by atoms with E-state index in [0.29, 0.717) is 11.3 Å². The van der Waals surface area contributed by atoms with Crippen molar-refractivity contribution in [2.45, 2.75) is 56.9 Å². The largest absolute Gasteiger partial charge is 0.480 e. The van der Waals surface area contributed by atoms with Gasteiger partial charge in [-0.15, -0.1) is 11.3 Å². The number of aliphatic carboxylic acids is 1. The molecule has 0 saturated heterocycles. The van der Waals surface area contributed by atoms with Crippen molar-refractivity contribution in [1.82, 2.24) is 4.72 Å². The standard InChI is InChI=1S/C14H21NO4S2/c1-9-6-4-5-7-14(9,13(16)17)15-21(18,19)12-8-10(2)20-11(12)3/h8-9,15H,4-7H2,1-3H3,(H,16,17). The third kappa shape index (κ3) is 3.00. The molecule has 0 spiro atoms. The summed E-state index contributed by atoms with van der Waals surface area (Å²) in [7, 11) is -3.83. The van der Waals surface area contributed by atoms with E-state index in [4.69, 9.17) is 0 Å². The second kappa shape index (κ2) is 5.70. The number of hydrogen-bond acceptors (Lipinski definition) is 4. The van der Waals surface area contributed by atoms with Crippen LogP contribution < -0.4 is 4.72 Å². The highest BCUT2D eigenvalue weighted by molar-refractivity contribution is 7.89. The molecule has 2 atom stereocenters. The van der Waals surface area contributed by atoms with Crippen LogP contribution in [0.4, 0.5) is 0 Å². The fourth-order valence-electron chi connectivity index (χ4n) is 3.03. The molecule has 118 valence electrons. The van der Waals surface area contributed by atoms with E-state index in [1.165, 1.54) is 11.3 Å². The number of thiophene rings is 1. The van der Waals surface area contributed by atoms with Crippen molar-refractivity contribution >= 4 is 27.3 Å². The van der Waals surface area contributed by atoms with Gasteiger partial charge in [-0.1, -0.05) is 19.8 Å². The Morgan fingerprint density at radius 1 is 1.43 bits per heavy atom. The average Bonchev–Trinajstić information content (AvgIpc) is 2.72. The van der Waals surface area contributed by atoms with Crippen LogP contribution in [0.1, 0.15) is 42.4 Å². The van der Waals surface area contributed by atoms with Crippen molar-refractivity contribution < 1.29 is 18.3 Å². The maximum atomic E-state index is 12.6. The van der Waals surface area contributed by atoms with Crippen LogP contribution in [0.3, 0.4) is 0 Å². The summed E-state index contributed by atoms with van der Waals surface area (Å²) in [5.41, 5.74) is -1.39. The first-order valence-corrected chi connectivity index (χ1v) is 9.33. The predicted molar refractivity (Wildman–Crippen MR) is 82.1 cm³/mol. The maximum absolute atomic E-state index is 12.6. The van der Waals surface area contributed by atoms with E-state index in [0.717, 1.165) is 24.1 Å². The van der Waals surface area contributed by atoms with Gasteiger partial charge < -0.3 is 5.11 Å². The molecule has 7 heteroatoms. The molecule has 1 aliphatic rings. The number of rotatable bonds is 4. The number of sulfonamides is 1. The van der Waals surface area contributed by atoms with E-state index in [9.17, 15) is 18.3 Å². The lowest BCUT2D eigenvalue weighted by molar-refractivity contribution is -0.147. The van der Waals surface area contributed by atoms with Gasteiger partial charge in [0.05, 0.1) is 4.90 Å². The summed E-state index contributed by atoms with van der Waals surface area (Å²) < 4.78 is 27.8. The van der Waals surface area contributed by atoms with Gasteiger partial charge >= 0.3 is 5.97 Å². The highest BCUT2D eigenvalue weighted by Crippen LogP contribution is 2.36. The summed E-state index contributed by atoms with van der Waals surface area (Å²) in [5.74, 6) is -1.30. The van der Waals surface area contributed by atoms with Crippen molar-refractivity contribution in [2.24, 2.45) is 5.92 Å². The third-order valence-corrected chi connectivity index (χ3v) is 7.01. The van der Waals surface area contributed by atoms with Gasteiger partial charge in [-0.2, -0.15) is 4.72 Å². The van der Waals surface area contributed by atoms with Crippen LogP contribution in [0.15, 0.2) is 11.0 Å². The van der Waals surface area contributed by atoms with Gasteiger partial charge in [-0.3, -0.25) is 4.79 Å². The first-order valence-electron chi connectivity index (χ1n) is 7.03. The van der Waals surface area contributed by atoms with E-state index in [1.54, 1.807) is 13.0 Å². The molecule has 0 bridgehead atoms. The number of hydrogen-bond donors (Lipinski definition) is 2. The van der Waals surface area contributed by atoms with E-state index < -0.39 is 21.5 Å². The van der Waals surface area contributed by atoms with Crippen LogP contribution in [0.2, 0.25) is 0 Å². The van der Waals surface area contributed by atoms with Crippen molar-refractivity contribution in [3.8, 4) is 0 Å². The molecular weight excluding hydrogens is 310 g/mol. The summed E-state index contributed by atoms with van der Waals surface area (Å²) in [6.07, 6.45) is 2.72. The Morgan fingerprint density at radius 3 is 2.57 bits per heavy atom. The lowest BCUT2D eigenvalue weighted by Crippen LogP contribution is -2.59. The molecule has 1 heterocycles. The summed E-state index contributed by atoms with van der Waals surface area (Å²) in [4.78, 5) is 13.5. The normalized spacial score (nSPS) is 26.7. The van der Waals surface area contributed by atoms with Gasteiger partial charge in [0, 0.05) is 9.75 Å². The number of carboxylic acids is 1. The van der Waals surface area contributed by atoms with Crippen molar-refractivity contribution in [3.63, 3.8) is 0 Å². The first kappa shape index (κ1) is 16.5. The monoisotopic (exact) mass is 331 g/mol. The molecule has 1 aromatic heterocycles. The molecular formula is C14H21NO4S2. The number of carboxylic acid groups (broad SMARTS) is 1. The summed E-state index contributed by atoms with van der Waals surface area (Å²) >= 11 is 1.40. The number of nitrogens with one attached hydrogen (secondary N) is 1. The Kier molecular flexibility index (Phi) is 4.46. The second-order valence-corrected chi connectivity index (χ2v) is 8.92. The van der Waals surface area contributed by atoms with E-state index in [2.05, 4.69) is 4.72 Å². The minimum atomic E-state index is -3.83. The van der Waals surface area contributed by atoms with Crippen LogP contribution in [-0.4, -0.2) is 25.0 Å². The van der Waals surface area contributed by atoms with Gasteiger partial charge in [-0.05, 0) is 38.7 Å². The van der Waals surface area contributed by atoms with Gasteiger partial charge in [0.25, 0.3) is 0 Å². The molecule has 1 fully saturated rings. The maximum Gasteiger partial charge on any atom is 0.325 e. The molecule has 0 aliphatic heterocycles. The number of carbonyl (C=O) groups is 1. The average molecular weight is 331 g/mol. The molecule has 0 aromatic carbocycles. The van der Waals surface area contributed by atoms with Crippen LogP contribution in [0.5, 0.6) is 0 Å². The molecule has 21 heavy (non-hydrogen) atoms. The zero-order valence-corrected chi connectivity index (χ0v) is 14.1. The van der Waals surface area contributed by atoms with Gasteiger partial charge in [0.2, 0.25) is 10.0 Å². The lowest BCUT2D eigenvalue weighted by Gasteiger charge is -2.39. The Balaban J connectivity index is 2.41. The van der Waals surface area contributed by atoms with Crippen LogP contribution in [0.25, 0.3) is 0 Å². The van der Waals surface area contributed by atoms with Crippen molar-refractivity contribution in [3.05, 3.63) is 15.8 Å². The van der Waals surface area contributed by atoms with Crippen molar-refractivity contribution in [1.29, 1.82) is 0 Å². The molecule has 1 saturated carbocycles. The molecule has 0 amide bonds. The predicted octanol–water partition coefficient (Wildman–Crippen LogP) is 2.68. The Bertz CT molecular complexity index is 650. The van der Waals surface area contributed by atoms with Gasteiger partial charge in [0.1, 0.15) is 5.54 Å². The topological polar surface area (TPSA) is 83.5 Å². The molecule has 1 aromatic rings. The third-order valence-electron chi connectivity index (χ3n) is 4.28. The van der Waals surface area contributed by atoms with Crippen LogP contribution >= 0.6 is 11.3 Å². The molecule has 0 radical (unpaired) electrons. The molecule has 2 N–H and O–H groups in total. The van der Waals surface area contributed by atoms with E-state index >= 15 is 0 Å². The summed E-state index contributed by atoms with van der Waals surface area (Å²) in [6.45, 7) is 5.39. The van der Waals surface area contributed by atoms with Crippen LogP contribution in [-0.2, 0) is 14.8 Å². The van der Waals surface area contributed by atoms with E-state index in [1.807, 2.05) is 13.8 Å². The SMILES string of the molecule is Cc1cc(S(=O)(=O)NC2(C(=O)O)CCCCC2C)c(C)s1. The summed E-state index contributed by atoms with van der Waals surface area (Å²) in [5, 5.41) is 9.62. The molecule has 2 unspecified atom stereocenters. The highest BCUT2D eigenvalue weighted by atomic mass is 32.2. The van der Waals surface area contributed by atoms with Crippen molar-refractivity contribution in [2.75, 3.05) is 0 Å². The molecule has 5 nitrogen and oxygen atoms in total. The van der Waals surface area contributed by atoms with Gasteiger partial charge in [-0.25, -0.2) is 8.42 Å². The lowest BCUT2D eigenvalue weighted by atomic mass is 9.74. The fourth-order valence-corrected chi connectivity index (χ4v) is 6.07. The zero-order chi connectivity index (χ0) is 15.8.